The van der Waals surface area contributed by atoms with Crippen LogP contribution in [0.5, 0.6) is 5.75 Å². The van der Waals surface area contributed by atoms with Gasteiger partial charge in [-0.1, -0.05) is 17.3 Å². The molecular formula is C25H23N3O3S. The van der Waals surface area contributed by atoms with Crippen LogP contribution in [0.3, 0.4) is 0 Å². The first-order valence-electron chi connectivity index (χ1n) is 10.2. The molecule has 0 aliphatic carbocycles. The second kappa shape index (κ2) is 10.2. The molecule has 0 unspecified atom stereocenters. The third-order valence-corrected chi connectivity index (χ3v) is 5.98. The highest BCUT2D eigenvalue weighted by Gasteiger charge is 2.11. The molecule has 32 heavy (non-hydrogen) atoms. The van der Waals surface area contributed by atoms with Crippen LogP contribution in [0.15, 0.2) is 82.5 Å². The van der Waals surface area contributed by atoms with Gasteiger partial charge < -0.3 is 14.6 Å². The Morgan fingerprint density at radius 3 is 2.66 bits per heavy atom. The monoisotopic (exact) mass is 445 g/mol. The molecule has 1 N–H and O–H groups in total. The zero-order valence-corrected chi connectivity index (χ0v) is 18.7. The first kappa shape index (κ1) is 21.6. The van der Waals surface area contributed by atoms with Crippen LogP contribution in [0.1, 0.15) is 32.9 Å². The van der Waals surface area contributed by atoms with E-state index in [1.54, 1.807) is 36.2 Å². The number of carbonyl (C=O) groups excluding carboxylic acids is 1. The number of carbonyl (C=O) groups is 1. The summed E-state index contributed by atoms with van der Waals surface area (Å²) in [7, 11) is 0. The van der Waals surface area contributed by atoms with Gasteiger partial charge in [0.1, 0.15) is 18.1 Å². The number of thioether (sulfide) groups is 1. The quantitative estimate of drug-likeness (QED) is 0.345. The maximum Gasteiger partial charge on any atom is 0.255 e. The maximum absolute atomic E-state index is 12.7. The van der Waals surface area contributed by atoms with Crippen LogP contribution in [0, 0.1) is 13.8 Å². The van der Waals surface area contributed by atoms with Crippen molar-refractivity contribution in [1.82, 2.24) is 10.1 Å². The summed E-state index contributed by atoms with van der Waals surface area (Å²) in [5.74, 6) is 2.00. The largest absolute Gasteiger partial charge is 0.489 e. The lowest BCUT2D eigenvalue weighted by atomic mass is 10.2. The molecule has 0 spiro atoms. The van der Waals surface area contributed by atoms with Crippen molar-refractivity contribution < 1.29 is 14.1 Å². The average molecular weight is 446 g/mol. The van der Waals surface area contributed by atoms with Gasteiger partial charge in [-0.05, 0) is 67.9 Å². The van der Waals surface area contributed by atoms with Crippen molar-refractivity contribution in [2.75, 3.05) is 5.32 Å². The number of aryl methyl sites for hydroxylation is 2. The Bertz CT molecular complexity index is 1170. The Morgan fingerprint density at radius 1 is 1.09 bits per heavy atom. The normalized spacial score (nSPS) is 10.7. The summed E-state index contributed by atoms with van der Waals surface area (Å²) in [5.41, 5.74) is 4.16. The fourth-order valence-electron chi connectivity index (χ4n) is 3.08. The number of hydrogen-bond donors (Lipinski definition) is 1. The molecule has 162 valence electrons. The Kier molecular flexibility index (Phi) is 6.87. The van der Waals surface area contributed by atoms with Crippen molar-refractivity contribution in [3.05, 3.63) is 101 Å². The third-order valence-electron chi connectivity index (χ3n) is 4.90. The molecule has 0 bridgehead atoms. The van der Waals surface area contributed by atoms with Crippen LogP contribution >= 0.6 is 11.8 Å². The molecule has 0 fully saturated rings. The molecule has 7 heteroatoms. The molecule has 0 radical (unpaired) electrons. The molecule has 0 saturated heterocycles. The van der Waals surface area contributed by atoms with E-state index in [1.165, 1.54) is 5.56 Å². The Labute approximate surface area is 191 Å². The van der Waals surface area contributed by atoms with E-state index in [9.17, 15) is 4.79 Å². The standard InChI is InChI=1S/C25H23N3O3S/c1-17-24(18(2)31-28-17)15-30-22-7-3-6-20(13-22)25(29)27-21-8-10-23(11-9-21)32-16-19-5-4-12-26-14-19/h3-14H,15-16H2,1-2H3,(H,27,29). The minimum Gasteiger partial charge on any atom is -0.489 e. The number of hydrogen-bond acceptors (Lipinski definition) is 6. The van der Waals surface area contributed by atoms with Crippen LogP contribution in [-0.4, -0.2) is 16.0 Å². The van der Waals surface area contributed by atoms with Crippen molar-refractivity contribution in [2.45, 2.75) is 31.1 Å². The van der Waals surface area contributed by atoms with Crippen LogP contribution in [0.25, 0.3) is 0 Å². The van der Waals surface area contributed by atoms with E-state index in [2.05, 4.69) is 21.5 Å². The van der Waals surface area contributed by atoms with E-state index in [0.29, 0.717) is 17.9 Å². The SMILES string of the molecule is Cc1noc(C)c1COc1cccc(C(=O)Nc2ccc(SCc3cccnc3)cc2)c1. The average Bonchev–Trinajstić information content (AvgIpc) is 3.15. The van der Waals surface area contributed by atoms with Gasteiger partial charge in [0.2, 0.25) is 0 Å². The first-order valence-corrected chi connectivity index (χ1v) is 11.1. The lowest BCUT2D eigenvalue weighted by Crippen LogP contribution is -2.12. The molecule has 2 aromatic carbocycles. The molecule has 2 heterocycles. The molecule has 2 aromatic heterocycles. The molecule has 4 aromatic rings. The topological polar surface area (TPSA) is 77.2 Å². The molecule has 1 amide bonds. The zero-order chi connectivity index (χ0) is 22.3. The predicted molar refractivity (Wildman–Crippen MR) is 125 cm³/mol. The van der Waals surface area contributed by atoms with Gasteiger partial charge in [0, 0.05) is 34.3 Å². The first-order chi connectivity index (χ1) is 15.6. The van der Waals surface area contributed by atoms with Crippen molar-refractivity contribution in [3.8, 4) is 5.75 Å². The van der Waals surface area contributed by atoms with Crippen molar-refractivity contribution in [3.63, 3.8) is 0 Å². The van der Waals surface area contributed by atoms with E-state index in [1.807, 2.05) is 56.4 Å². The second-order valence-electron chi connectivity index (χ2n) is 7.25. The van der Waals surface area contributed by atoms with E-state index in [-0.39, 0.29) is 5.91 Å². The number of rotatable bonds is 8. The van der Waals surface area contributed by atoms with Crippen molar-refractivity contribution >= 4 is 23.4 Å². The van der Waals surface area contributed by atoms with E-state index in [4.69, 9.17) is 9.26 Å². The number of nitrogens with one attached hydrogen (secondary N) is 1. The van der Waals surface area contributed by atoms with Gasteiger partial charge in [0.25, 0.3) is 5.91 Å². The third kappa shape index (κ3) is 5.56. The Morgan fingerprint density at radius 2 is 1.94 bits per heavy atom. The van der Waals surface area contributed by atoms with Crippen molar-refractivity contribution in [2.24, 2.45) is 0 Å². The maximum atomic E-state index is 12.7. The van der Waals surface area contributed by atoms with Gasteiger partial charge in [0.05, 0.1) is 11.3 Å². The number of aromatic nitrogens is 2. The highest BCUT2D eigenvalue weighted by atomic mass is 32.2. The number of nitrogens with zero attached hydrogens (tertiary/aromatic N) is 2. The van der Waals surface area contributed by atoms with Gasteiger partial charge in [-0.15, -0.1) is 11.8 Å². The second-order valence-corrected chi connectivity index (χ2v) is 8.30. The van der Waals surface area contributed by atoms with Crippen LogP contribution in [0.2, 0.25) is 0 Å². The summed E-state index contributed by atoms with van der Waals surface area (Å²) in [6.45, 7) is 4.07. The summed E-state index contributed by atoms with van der Waals surface area (Å²) in [6, 6.07) is 18.9. The number of ether oxygens (including phenoxy) is 1. The highest BCUT2D eigenvalue weighted by Crippen LogP contribution is 2.24. The van der Waals surface area contributed by atoms with Crippen molar-refractivity contribution in [1.29, 1.82) is 0 Å². The molecule has 6 nitrogen and oxygen atoms in total. The lowest BCUT2D eigenvalue weighted by Gasteiger charge is -2.09. The van der Waals surface area contributed by atoms with Crippen LogP contribution < -0.4 is 10.1 Å². The summed E-state index contributed by atoms with van der Waals surface area (Å²) in [6.07, 6.45) is 3.64. The van der Waals surface area contributed by atoms with Gasteiger partial charge in [0.15, 0.2) is 0 Å². The number of benzene rings is 2. The predicted octanol–water partition coefficient (Wildman–Crippen LogP) is 5.81. The van der Waals surface area contributed by atoms with E-state index >= 15 is 0 Å². The molecule has 0 atom stereocenters. The minimum absolute atomic E-state index is 0.191. The van der Waals surface area contributed by atoms with Gasteiger partial charge in [-0.3, -0.25) is 9.78 Å². The Hall–Kier alpha value is -3.58. The summed E-state index contributed by atoms with van der Waals surface area (Å²) >= 11 is 1.73. The lowest BCUT2D eigenvalue weighted by molar-refractivity contribution is 0.102. The molecule has 0 aliphatic heterocycles. The number of amides is 1. The zero-order valence-electron chi connectivity index (χ0n) is 17.9. The minimum atomic E-state index is -0.191. The van der Waals surface area contributed by atoms with Gasteiger partial charge in [-0.2, -0.15) is 0 Å². The van der Waals surface area contributed by atoms with Gasteiger partial charge >= 0.3 is 0 Å². The molecular weight excluding hydrogens is 422 g/mol. The van der Waals surface area contributed by atoms with Gasteiger partial charge in [-0.25, -0.2) is 0 Å². The van der Waals surface area contributed by atoms with E-state index < -0.39 is 0 Å². The molecule has 0 aliphatic rings. The Balaban J connectivity index is 1.33. The molecule has 4 rings (SSSR count). The van der Waals surface area contributed by atoms with E-state index in [0.717, 1.165) is 33.4 Å². The smallest absolute Gasteiger partial charge is 0.255 e. The summed E-state index contributed by atoms with van der Waals surface area (Å²) < 4.78 is 11.0. The van der Waals surface area contributed by atoms with Crippen LogP contribution in [-0.2, 0) is 12.4 Å². The molecule has 0 saturated carbocycles. The number of pyridine rings is 1. The number of anilines is 1. The summed E-state index contributed by atoms with van der Waals surface area (Å²) in [5, 5.41) is 6.87. The highest BCUT2D eigenvalue weighted by molar-refractivity contribution is 7.98. The fraction of sp³-hybridized carbons (Fsp3) is 0.160. The summed E-state index contributed by atoms with van der Waals surface area (Å²) in [4.78, 5) is 18.0. The van der Waals surface area contributed by atoms with Crippen LogP contribution in [0.4, 0.5) is 5.69 Å². The fourth-order valence-corrected chi connectivity index (χ4v) is 3.91.